The van der Waals surface area contributed by atoms with Crippen molar-refractivity contribution in [2.24, 2.45) is 5.73 Å². The van der Waals surface area contributed by atoms with Gasteiger partial charge in [0.15, 0.2) is 0 Å². The third kappa shape index (κ3) is 5.84. The summed E-state index contributed by atoms with van der Waals surface area (Å²) in [5.74, 6) is 0.301. The smallest absolute Gasteiger partial charge is 0.147 e. The van der Waals surface area contributed by atoms with Crippen LogP contribution in [0.5, 0.6) is 0 Å². The predicted octanol–water partition coefficient (Wildman–Crippen LogP) is 1.01. The zero-order valence-electron chi connectivity index (χ0n) is 11.1. The molecule has 102 valence electrons. The molecule has 0 aromatic carbocycles. The van der Waals surface area contributed by atoms with Crippen LogP contribution < -0.4 is 5.73 Å². The van der Waals surface area contributed by atoms with E-state index in [4.69, 9.17) is 5.73 Å². The third-order valence-electron chi connectivity index (χ3n) is 3.62. The maximum absolute atomic E-state index is 11.1. The minimum absolute atomic E-state index is 0.301. The van der Waals surface area contributed by atoms with E-state index in [9.17, 15) is 8.42 Å². The molecule has 1 saturated carbocycles. The highest BCUT2D eigenvalue weighted by atomic mass is 32.2. The molecule has 0 aromatic heterocycles. The molecule has 1 aliphatic rings. The number of sulfone groups is 1. The van der Waals surface area contributed by atoms with E-state index in [1.807, 2.05) is 0 Å². The molecule has 0 heterocycles. The van der Waals surface area contributed by atoms with Crippen LogP contribution in [0.2, 0.25) is 0 Å². The molecule has 5 heteroatoms. The first-order chi connectivity index (χ1) is 7.92. The molecule has 0 saturated heterocycles. The fraction of sp³-hybridized carbons (Fsp3) is 1.00. The lowest BCUT2D eigenvalue weighted by Gasteiger charge is -2.35. The van der Waals surface area contributed by atoms with Crippen LogP contribution in [0.3, 0.4) is 0 Å². The quantitative estimate of drug-likeness (QED) is 0.776. The molecule has 0 unspecified atom stereocenters. The summed E-state index contributed by atoms with van der Waals surface area (Å²) in [4.78, 5) is 2.41. The average Bonchev–Trinajstić information content (AvgIpc) is 2.24. The molecule has 1 fully saturated rings. The third-order valence-corrected chi connectivity index (χ3v) is 4.65. The minimum atomic E-state index is -2.81. The lowest BCUT2D eigenvalue weighted by molar-refractivity contribution is 0.157. The van der Waals surface area contributed by atoms with E-state index in [0.717, 1.165) is 45.2 Å². The molecule has 0 aromatic rings. The van der Waals surface area contributed by atoms with Crippen molar-refractivity contribution in [1.82, 2.24) is 4.90 Å². The maximum atomic E-state index is 11.1. The topological polar surface area (TPSA) is 63.4 Å². The summed E-state index contributed by atoms with van der Waals surface area (Å²) in [7, 11) is -2.81. The van der Waals surface area contributed by atoms with Gasteiger partial charge in [-0.1, -0.05) is 6.92 Å². The summed E-state index contributed by atoms with van der Waals surface area (Å²) in [6.07, 6.45) is 6.58. The lowest BCUT2D eigenvalue weighted by atomic mass is 9.90. The summed E-state index contributed by atoms with van der Waals surface area (Å²) in [6, 6.07) is 0.986. The molecular weight excluding hydrogens is 236 g/mol. The predicted molar refractivity (Wildman–Crippen MR) is 71.8 cm³/mol. The van der Waals surface area contributed by atoms with Crippen LogP contribution in [-0.2, 0) is 9.84 Å². The number of nitrogens with zero attached hydrogens (tertiary/aromatic N) is 1. The van der Waals surface area contributed by atoms with Crippen LogP contribution in [0.15, 0.2) is 0 Å². The SMILES string of the molecule is CCN(CCCS(C)(=O)=O)C1CCC(N)CC1. The van der Waals surface area contributed by atoms with Gasteiger partial charge in [0.25, 0.3) is 0 Å². The summed E-state index contributed by atoms with van der Waals surface area (Å²) < 4.78 is 22.2. The van der Waals surface area contributed by atoms with E-state index in [1.54, 1.807) is 0 Å². The Morgan fingerprint density at radius 2 is 1.82 bits per heavy atom. The van der Waals surface area contributed by atoms with Gasteiger partial charge in [-0.15, -0.1) is 0 Å². The summed E-state index contributed by atoms with van der Waals surface area (Å²) in [5, 5.41) is 0. The van der Waals surface area contributed by atoms with Crippen molar-refractivity contribution in [2.45, 2.75) is 51.1 Å². The first-order valence-electron chi connectivity index (χ1n) is 6.59. The van der Waals surface area contributed by atoms with Crippen molar-refractivity contribution in [3.8, 4) is 0 Å². The molecule has 0 amide bonds. The first kappa shape index (κ1) is 14.9. The summed E-state index contributed by atoms with van der Waals surface area (Å²) >= 11 is 0. The van der Waals surface area contributed by atoms with Crippen LogP contribution in [0, 0.1) is 0 Å². The van der Waals surface area contributed by atoms with E-state index in [-0.39, 0.29) is 0 Å². The molecule has 1 aliphatic carbocycles. The van der Waals surface area contributed by atoms with Gasteiger partial charge in [0.05, 0.1) is 5.75 Å². The largest absolute Gasteiger partial charge is 0.328 e. The second-order valence-corrected chi connectivity index (χ2v) is 7.44. The molecule has 1 rings (SSSR count). The van der Waals surface area contributed by atoms with E-state index >= 15 is 0 Å². The number of hydrogen-bond acceptors (Lipinski definition) is 4. The highest BCUT2D eigenvalue weighted by Gasteiger charge is 2.23. The van der Waals surface area contributed by atoms with E-state index in [2.05, 4.69) is 11.8 Å². The van der Waals surface area contributed by atoms with Gasteiger partial charge in [0.2, 0.25) is 0 Å². The first-order valence-corrected chi connectivity index (χ1v) is 8.65. The van der Waals surface area contributed by atoms with Crippen LogP contribution in [-0.4, -0.2) is 50.5 Å². The molecule has 0 bridgehead atoms. The lowest BCUT2D eigenvalue weighted by Crippen LogP contribution is -2.41. The molecular formula is C12H26N2O2S. The number of hydrogen-bond donors (Lipinski definition) is 1. The zero-order chi connectivity index (χ0) is 12.9. The number of rotatable bonds is 6. The monoisotopic (exact) mass is 262 g/mol. The van der Waals surface area contributed by atoms with Gasteiger partial charge in [-0.2, -0.15) is 0 Å². The van der Waals surface area contributed by atoms with Crippen LogP contribution >= 0.6 is 0 Å². The Hall–Kier alpha value is -0.130. The summed E-state index contributed by atoms with van der Waals surface area (Å²) in [6.45, 7) is 4.04. The Labute approximate surface area is 105 Å². The second kappa shape index (κ2) is 6.71. The molecule has 0 aliphatic heterocycles. The van der Waals surface area contributed by atoms with E-state index in [0.29, 0.717) is 17.8 Å². The standard InChI is InChI=1S/C12H26N2O2S/c1-3-14(9-4-10-17(2,15)16)12-7-5-11(13)6-8-12/h11-12H,3-10,13H2,1-2H3. The van der Waals surface area contributed by atoms with Crippen molar-refractivity contribution < 1.29 is 8.42 Å². The van der Waals surface area contributed by atoms with Gasteiger partial charge in [-0.05, 0) is 45.2 Å². The Morgan fingerprint density at radius 3 is 2.29 bits per heavy atom. The Morgan fingerprint density at radius 1 is 1.24 bits per heavy atom. The molecule has 4 nitrogen and oxygen atoms in total. The molecule has 2 N–H and O–H groups in total. The van der Waals surface area contributed by atoms with Gasteiger partial charge in [-0.3, -0.25) is 0 Å². The van der Waals surface area contributed by atoms with E-state index < -0.39 is 9.84 Å². The van der Waals surface area contributed by atoms with Crippen LogP contribution in [0.4, 0.5) is 0 Å². The highest BCUT2D eigenvalue weighted by Crippen LogP contribution is 2.22. The van der Waals surface area contributed by atoms with Gasteiger partial charge in [0.1, 0.15) is 9.84 Å². The van der Waals surface area contributed by atoms with Crippen molar-refractivity contribution in [2.75, 3.05) is 25.1 Å². The second-order valence-electron chi connectivity index (χ2n) is 5.18. The Kier molecular flexibility index (Phi) is 5.89. The number of nitrogens with two attached hydrogens (primary N) is 1. The fourth-order valence-electron chi connectivity index (χ4n) is 2.60. The van der Waals surface area contributed by atoms with Crippen LogP contribution in [0.1, 0.15) is 39.0 Å². The van der Waals surface area contributed by atoms with Gasteiger partial charge in [-0.25, -0.2) is 8.42 Å². The van der Waals surface area contributed by atoms with Crippen molar-refractivity contribution >= 4 is 9.84 Å². The van der Waals surface area contributed by atoms with Gasteiger partial charge in [0, 0.05) is 18.3 Å². The van der Waals surface area contributed by atoms with Crippen LogP contribution in [0.25, 0.3) is 0 Å². The van der Waals surface area contributed by atoms with E-state index in [1.165, 1.54) is 6.26 Å². The maximum Gasteiger partial charge on any atom is 0.147 e. The molecule has 0 atom stereocenters. The normalized spacial score (nSPS) is 26.4. The van der Waals surface area contributed by atoms with Crippen molar-refractivity contribution in [3.63, 3.8) is 0 Å². The van der Waals surface area contributed by atoms with Crippen molar-refractivity contribution in [3.05, 3.63) is 0 Å². The van der Waals surface area contributed by atoms with Gasteiger partial charge < -0.3 is 10.6 Å². The summed E-state index contributed by atoms with van der Waals surface area (Å²) in [5.41, 5.74) is 5.90. The zero-order valence-corrected chi connectivity index (χ0v) is 11.9. The Balaban J connectivity index is 2.33. The fourth-order valence-corrected chi connectivity index (χ4v) is 3.25. The molecule has 0 radical (unpaired) electrons. The average molecular weight is 262 g/mol. The Bertz CT molecular complexity index is 308. The molecule has 17 heavy (non-hydrogen) atoms. The molecule has 0 spiro atoms. The minimum Gasteiger partial charge on any atom is -0.328 e. The highest BCUT2D eigenvalue weighted by molar-refractivity contribution is 7.90. The van der Waals surface area contributed by atoms with Gasteiger partial charge >= 0.3 is 0 Å². The van der Waals surface area contributed by atoms with Crippen molar-refractivity contribution in [1.29, 1.82) is 0 Å².